The van der Waals surface area contributed by atoms with Gasteiger partial charge in [0.05, 0.1) is 17.1 Å². The van der Waals surface area contributed by atoms with Gasteiger partial charge in [-0.2, -0.15) is 17.4 Å². The van der Waals surface area contributed by atoms with E-state index in [-0.39, 0.29) is 23.6 Å². The summed E-state index contributed by atoms with van der Waals surface area (Å²) in [4.78, 5) is 12.8. The quantitative estimate of drug-likeness (QED) is 0.811. The number of ketones is 1. The highest BCUT2D eigenvalue weighted by Crippen LogP contribution is 2.28. The largest absolute Gasteiger partial charge is 0.317 e. The Balaban J connectivity index is 1.86. The Hall–Kier alpha value is -1.88. The van der Waals surface area contributed by atoms with Crippen LogP contribution in [-0.4, -0.2) is 46.4 Å². The first kappa shape index (κ1) is 19.9. The lowest BCUT2D eigenvalue weighted by atomic mass is 9.98. The van der Waals surface area contributed by atoms with Crippen LogP contribution in [0, 0.1) is 12.7 Å². The van der Waals surface area contributed by atoms with E-state index in [0.29, 0.717) is 17.2 Å². The molecule has 1 N–H and O–H groups in total. The predicted molar refractivity (Wildman–Crippen MR) is 96.8 cm³/mol. The fourth-order valence-electron chi connectivity index (χ4n) is 3.04. The summed E-state index contributed by atoms with van der Waals surface area (Å²) in [6, 6.07) is 2.44. The van der Waals surface area contributed by atoms with E-state index in [0.717, 1.165) is 4.31 Å². The van der Waals surface area contributed by atoms with Gasteiger partial charge in [0.2, 0.25) is 0 Å². The van der Waals surface area contributed by atoms with Gasteiger partial charge in [-0.1, -0.05) is 17.7 Å². The summed E-state index contributed by atoms with van der Waals surface area (Å²) in [6.45, 7) is 1.75. The third kappa shape index (κ3) is 3.88. The van der Waals surface area contributed by atoms with Gasteiger partial charge in [-0.15, -0.1) is 10.2 Å². The molecule has 3 rings (SSSR count). The van der Waals surface area contributed by atoms with Gasteiger partial charge in [-0.3, -0.25) is 4.79 Å². The Morgan fingerprint density at radius 3 is 2.67 bits per heavy atom. The molecule has 1 fully saturated rings. The zero-order chi connectivity index (χ0) is 19.9. The van der Waals surface area contributed by atoms with Crippen molar-refractivity contribution in [2.75, 3.05) is 7.05 Å². The van der Waals surface area contributed by atoms with E-state index >= 15 is 0 Å². The van der Waals surface area contributed by atoms with Crippen LogP contribution in [0.15, 0.2) is 18.2 Å². The van der Waals surface area contributed by atoms with Crippen LogP contribution >= 0.6 is 11.6 Å². The first-order chi connectivity index (χ1) is 12.6. The lowest BCUT2D eigenvalue weighted by molar-refractivity contribution is -0.122. The lowest BCUT2D eigenvalue weighted by Crippen LogP contribution is -2.55. The summed E-state index contributed by atoms with van der Waals surface area (Å²) in [7, 11) is -0.794. The van der Waals surface area contributed by atoms with Crippen molar-refractivity contribution in [3.05, 3.63) is 46.3 Å². The van der Waals surface area contributed by atoms with E-state index in [9.17, 15) is 17.6 Å². The second-order valence-corrected chi connectivity index (χ2v) is 8.67. The van der Waals surface area contributed by atoms with E-state index in [1.54, 1.807) is 18.5 Å². The number of halogens is 2. The minimum Gasteiger partial charge on any atom is -0.317 e. The molecule has 2 unspecified atom stereocenters. The van der Waals surface area contributed by atoms with E-state index in [1.807, 2.05) is 0 Å². The number of nitrogens with zero attached hydrogens (tertiary/aromatic N) is 4. The van der Waals surface area contributed by atoms with Gasteiger partial charge in [0, 0.05) is 20.5 Å². The Bertz CT molecular complexity index is 994. The molecule has 2 heterocycles. The van der Waals surface area contributed by atoms with Crippen LogP contribution in [0.2, 0.25) is 5.02 Å². The van der Waals surface area contributed by atoms with Crippen molar-refractivity contribution in [2.45, 2.75) is 31.8 Å². The Labute approximate surface area is 161 Å². The summed E-state index contributed by atoms with van der Waals surface area (Å²) in [5, 5.41) is 7.88. The molecule has 1 aliphatic rings. The maximum absolute atomic E-state index is 13.3. The van der Waals surface area contributed by atoms with Gasteiger partial charge in [0.25, 0.3) is 10.2 Å². The molecule has 1 saturated heterocycles. The number of nitrogens with one attached hydrogen (secondary N) is 1. The van der Waals surface area contributed by atoms with Crippen LogP contribution in [0.4, 0.5) is 4.39 Å². The van der Waals surface area contributed by atoms with E-state index < -0.39 is 28.1 Å². The predicted octanol–water partition coefficient (Wildman–Crippen LogP) is 1.31. The second-order valence-electron chi connectivity index (χ2n) is 6.50. The average molecular weight is 416 g/mol. The Morgan fingerprint density at radius 1 is 1.37 bits per heavy atom. The molecule has 0 spiro atoms. The van der Waals surface area contributed by atoms with Crippen LogP contribution < -0.4 is 4.72 Å². The summed E-state index contributed by atoms with van der Waals surface area (Å²) in [5.74, 6) is 0.181. The van der Waals surface area contributed by atoms with E-state index in [4.69, 9.17) is 11.6 Å². The molecule has 2 aromatic rings. The topological polar surface area (TPSA) is 97.2 Å². The SMILES string of the molecule is Cc1nnc(C2CC(C(=O)Cc3ccc(F)c(Cl)c3)N(C)S(=O)(=O)N2)n1C. The van der Waals surface area contributed by atoms with Crippen molar-refractivity contribution in [3.8, 4) is 0 Å². The zero-order valence-electron chi connectivity index (χ0n) is 15.0. The minimum atomic E-state index is -3.87. The monoisotopic (exact) mass is 415 g/mol. The van der Waals surface area contributed by atoms with Gasteiger partial charge >= 0.3 is 0 Å². The fourth-order valence-corrected chi connectivity index (χ4v) is 4.51. The third-order valence-corrected chi connectivity index (χ3v) is 6.62. The van der Waals surface area contributed by atoms with Crippen molar-refractivity contribution in [1.82, 2.24) is 23.8 Å². The first-order valence-electron chi connectivity index (χ1n) is 8.18. The highest BCUT2D eigenvalue weighted by atomic mass is 35.5. The van der Waals surface area contributed by atoms with Crippen molar-refractivity contribution in [3.63, 3.8) is 0 Å². The number of carbonyl (C=O) groups excluding carboxylic acids is 1. The molecule has 146 valence electrons. The molecule has 0 bridgehead atoms. The molecule has 0 amide bonds. The number of benzene rings is 1. The molecular weight excluding hydrogens is 397 g/mol. The maximum Gasteiger partial charge on any atom is 0.280 e. The summed E-state index contributed by atoms with van der Waals surface area (Å²) >= 11 is 5.76. The maximum atomic E-state index is 13.3. The standard InChI is InChI=1S/C16H19ClFN5O3S/c1-9-19-20-16(22(9)2)13-8-14(23(3)27(25,26)21-13)15(24)7-10-4-5-12(18)11(17)6-10/h4-6,13-14,21H,7-8H2,1-3H3. The number of hydrogen-bond acceptors (Lipinski definition) is 5. The number of rotatable bonds is 4. The van der Waals surface area contributed by atoms with Crippen LogP contribution in [0.25, 0.3) is 0 Å². The number of Topliss-reactive ketones (excluding diaryl/α,β-unsaturated/α-hetero) is 1. The number of hydrogen-bond donors (Lipinski definition) is 1. The van der Waals surface area contributed by atoms with Gasteiger partial charge in [0.1, 0.15) is 11.6 Å². The normalized spacial score (nSPS) is 22.7. The number of carbonyl (C=O) groups is 1. The molecular formula is C16H19ClFN5O3S. The number of likely N-dealkylation sites (N-methyl/N-ethyl adjacent to an activating group) is 1. The number of aromatic nitrogens is 3. The van der Waals surface area contributed by atoms with Gasteiger partial charge < -0.3 is 4.57 Å². The fraction of sp³-hybridized carbons (Fsp3) is 0.438. The van der Waals surface area contributed by atoms with E-state index in [2.05, 4.69) is 14.9 Å². The van der Waals surface area contributed by atoms with Crippen molar-refractivity contribution >= 4 is 27.6 Å². The van der Waals surface area contributed by atoms with Crippen LogP contribution in [0.3, 0.4) is 0 Å². The first-order valence-corrected chi connectivity index (χ1v) is 9.99. The number of aryl methyl sites for hydroxylation is 1. The Kier molecular flexibility index (Phi) is 5.35. The Morgan fingerprint density at radius 2 is 2.07 bits per heavy atom. The van der Waals surface area contributed by atoms with E-state index in [1.165, 1.54) is 25.2 Å². The molecule has 1 aromatic carbocycles. The van der Waals surface area contributed by atoms with Crippen molar-refractivity contribution in [1.29, 1.82) is 0 Å². The molecule has 1 aromatic heterocycles. The lowest BCUT2D eigenvalue weighted by Gasteiger charge is -2.35. The summed E-state index contributed by atoms with van der Waals surface area (Å²) in [6.07, 6.45) is 0.143. The molecule has 0 aliphatic carbocycles. The summed E-state index contributed by atoms with van der Waals surface area (Å²) < 4.78 is 43.5. The van der Waals surface area contributed by atoms with Crippen LogP contribution in [0.5, 0.6) is 0 Å². The second kappa shape index (κ2) is 7.27. The van der Waals surface area contributed by atoms with Gasteiger partial charge in [0.15, 0.2) is 11.6 Å². The molecule has 1 aliphatic heterocycles. The third-order valence-electron chi connectivity index (χ3n) is 4.74. The molecule has 27 heavy (non-hydrogen) atoms. The van der Waals surface area contributed by atoms with Gasteiger partial charge in [-0.25, -0.2) is 4.39 Å². The van der Waals surface area contributed by atoms with Crippen LogP contribution in [0.1, 0.15) is 29.7 Å². The van der Waals surface area contributed by atoms with Crippen LogP contribution in [-0.2, 0) is 28.5 Å². The molecule has 0 radical (unpaired) electrons. The molecule has 11 heteroatoms. The van der Waals surface area contributed by atoms with Crippen molar-refractivity contribution < 1.29 is 17.6 Å². The summed E-state index contributed by atoms with van der Waals surface area (Å²) in [5.41, 5.74) is 0.516. The smallest absolute Gasteiger partial charge is 0.280 e. The van der Waals surface area contributed by atoms with Crippen molar-refractivity contribution in [2.24, 2.45) is 7.05 Å². The molecule has 0 saturated carbocycles. The molecule has 8 nitrogen and oxygen atoms in total. The average Bonchev–Trinajstić information content (AvgIpc) is 2.92. The highest BCUT2D eigenvalue weighted by Gasteiger charge is 2.41. The minimum absolute atomic E-state index is 0.0604. The molecule has 2 atom stereocenters. The van der Waals surface area contributed by atoms with Gasteiger partial charge in [-0.05, 0) is 31.0 Å². The zero-order valence-corrected chi connectivity index (χ0v) is 16.6. The highest BCUT2D eigenvalue weighted by molar-refractivity contribution is 7.87.